The molecule has 9 heteroatoms. The zero-order chi connectivity index (χ0) is 20.7. The smallest absolute Gasteiger partial charge is 0.286 e. The van der Waals surface area contributed by atoms with E-state index in [4.69, 9.17) is 11.6 Å². The van der Waals surface area contributed by atoms with Crippen molar-refractivity contribution < 1.29 is 27.6 Å². The lowest BCUT2D eigenvalue weighted by molar-refractivity contribution is -0.171. The lowest BCUT2D eigenvalue weighted by atomic mass is 9.63. The maximum Gasteiger partial charge on any atom is 0.471 e. The van der Waals surface area contributed by atoms with Gasteiger partial charge in [-0.3, -0.25) is 24.2 Å². The predicted molar refractivity (Wildman–Crippen MR) is 96.4 cm³/mol. The molecular weight excluding hydrogens is 409 g/mol. The highest BCUT2D eigenvalue weighted by molar-refractivity contribution is 6.30. The number of allylic oxidation sites excluding steroid dienone is 2. The van der Waals surface area contributed by atoms with Gasteiger partial charge in [0.2, 0.25) is 11.8 Å². The molecule has 2 saturated carbocycles. The number of hydrogen-bond acceptors (Lipinski definition) is 3. The van der Waals surface area contributed by atoms with Gasteiger partial charge in [-0.2, -0.15) is 13.2 Å². The van der Waals surface area contributed by atoms with E-state index < -0.39 is 42.4 Å². The van der Waals surface area contributed by atoms with E-state index in [-0.39, 0.29) is 22.5 Å². The van der Waals surface area contributed by atoms with Crippen LogP contribution in [0.2, 0.25) is 5.02 Å². The minimum absolute atomic E-state index is 0.0428. The van der Waals surface area contributed by atoms with E-state index in [0.717, 1.165) is 11.3 Å². The Bertz CT molecular complexity index is 909. The third kappa shape index (κ3) is 2.72. The number of nitrogens with zero attached hydrogens (tertiary/aromatic N) is 2. The largest absolute Gasteiger partial charge is 0.471 e. The molecule has 5 nitrogen and oxygen atoms in total. The molecule has 0 radical (unpaired) electrons. The van der Waals surface area contributed by atoms with Crippen molar-refractivity contribution in [3.05, 3.63) is 41.4 Å². The first-order chi connectivity index (χ1) is 13.7. The second-order valence-electron chi connectivity index (χ2n) is 8.11. The van der Waals surface area contributed by atoms with Crippen molar-refractivity contribution in [2.24, 2.45) is 35.5 Å². The molecule has 29 heavy (non-hydrogen) atoms. The number of rotatable bonds is 3. The lowest BCUT2D eigenvalue weighted by Gasteiger charge is -2.37. The van der Waals surface area contributed by atoms with Gasteiger partial charge in [0.25, 0.3) is 0 Å². The van der Waals surface area contributed by atoms with Gasteiger partial charge in [-0.25, -0.2) is 0 Å². The third-order valence-electron chi connectivity index (χ3n) is 6.66. The van der Waals surface area contributed by atoms with Crippen LogP contribution in [0.15, 0.2) is 36.4 Å². The van der Waals surface area contributed by atoms with Crippen LogP contribution < -0.4 is 4.90 Å². The summed E-state index contributed by atoms with van der Waals surface area (Å²) in [4.78, 5) is 39.4. The Hall–Kier alpha value is -2.35. The predicted octanol–water partition coefficient (Wildman–Crippen LogP) is 3.25. The molecule has 1 aliphatic heterocycles. The van der Waals surface area contributed by atoms with Crippen LogP contribution >= 0.6 is 11.6 Å². The van der Waals surface area contributed by atoms with Crippen LogP contribution in [-0.2, 0) is 14.4 Å². The molecule has 6 atom stereocenters. The fourth-order valence-electron chi connectivity index (χ4n) is 5.34. The number of carbonyl (C=O) groups excluding carboxylic acids is 3. The van der Waals surface area contributed by atoms with Crippen LogP contribution in [0.3, 0.4) is 0 Å². The summed E-state index contributed by atoms with van der Waals surface area (Å²) in [6.45, 7) is -0.764. The van der Waals surface area contributed by atoms with Gasteiger partial charge < -0.3 is 0 Å². The second kappa shape index (κ2) is 6.08. The molecule has 0 aromatic heterocycles. The summed E-state index contributed by atoms with van der Waals surface area (Å²) in [6.07, 6.45) is -0.210. The van der Waals surface area contributed by atoms with E-state index in [1.165, 1.54) is 24.3 Å². The standard InChI is InChI=1S/C20H16ClF3N2O3/c21-9-1-3-10(4-2-9)25(19(29)20(22,23)24)8-26-17(27)15-11-5-6-12(14-7-13(11)14)16(15)18(26)28/h1-6,11-16H,7-8H2/t11-,12-,13-,14+,15-,16-/m1/s1. The van der Waals surface area contributed by atoms with Gasteiger partial charge in [-0.05, 0) is 54.4 Å². The fourth-order valence-corrected chi connectivity index (χ4v) is 5.46. The van der Waals surface area contributed by atoms with Crippen molar-refractivity contribution in [3.63, 3.8) is 0 Å². The number of imide groups is 1. The fraction of sp³-hybridized carbons (Fsp3) is 0.450. The van der Waals surface area contributed by atoms with Gasteiger partial charge in [0.1, 0.15) is 6.67 Å². The molecule has 1 saturated heterocycles. The molecule has 2 bridgehead atoms. The average molecular weight is 425 g/mol. The lowest BCUT2D eigenvalue weighted by Crippen LogP contribution is -2.49. The minimum Gasteiger partial charge on any atom is -0.286 e. The van der Waals surface area contributed by atoms with Crippen LogP contribution in [-0.4, -0.2) is 35.5 Å². The summed E-state index contributed by atoms with van der Waals surface area (Å²) in [5.41, 5.74) is -0.0869. The van der Waals surface area contributed by atoms with Crippen molar-refractivity contribution in [1.29, 1.82) is 0 Å². The van der Waals surface area contributed by atoms with Crippen LogP contribution in [0.1, 0.15) is 6.42 Å². The highest BCUT2D eigenvalue weighted by Crippen LogP contribution is 2.65. The third-order valence-corrected chi connectivity index (χ3v) is 6.91. The molecule has 5 aliphatic rings. The molecule has 0 unspecified atom stereocenters. The normalized spacial score (nSPS) is 34.3. The highest BCUT2D eigenvalue weighted by atomic mass is 35.5. The molecular formula is C20H16ClF3N2O3. The van der Waals surface area contributed by atoms with Crippen LogP contribution in [0.5, 0.6) is 0 Å². The Balaban J connectivity index is 1.46. The summed E-state index contributed by atoms with van der Waals surface area (Å²) in [7, 11) is 0. The van der Waals surface area contributed by atoms with Gasteiger partial charge in [0, 0.05) is 10.7 Å². The molecule has 1 aromatic carbocycles. The van der Waals surface area contributed by atoms with Crippen molar-refractivity contribution in [2.75, 3.05) is 11.6 Å². The zero-order valence-corrected chi connectivity index (χ0v) is 15.7. The zero-order valence-electron chi connectivity index (χ0n) is 15.0. The first-order valence-corrected chi connectivity index (χ1v) is 9.74. The monoisotopic (exact) mass is 424 g/mol. The summed E-state index contributed by atoms with van der Waals surface area (Å²) in [5, 5.41) is 0.286. The van der Waals surface area contributed by atoms with E-state index in [1.807, 2.05) is 12.2 Å². The first-order valence-electron chi connectivity index (χ1n) is 9.36. The van der Waals surface area contributed by atoms with Crippen molar-refractivity contribution in [2.45, 2.75) is 12.6 Å². The molecule has 152 valence electrons. The number of benzene rings is 1. The first kappa shape index (κ1) is 18.7. The van der Waals surface area contributed by atoms with Crippen LogP contribution in [0.25, 0.3) is 0 Å². The van der Waals surface area contributed by atoms with Crippen molar-refractivity contribution in [1.82, 2.24) is 4.90 Å². The number of carbonyl (C=O) groups is 3. The van der Waals surface area contributed by atoms with Gasteiger partial charge in [-0.15, -0.1) is 0 Å². The second-order valence-corrected chi connectivity index (χ2v) is 8.54. The number of amides is 3. The van der Waals surface area contributed by atoms with E-state index >= 15 is 0 Å². The maximum atomic E-state index is 13.2. The van der Waals surface area contributed by atoms with Gasteiger partial charge in [0.05, 0.1) is 11.8 Å². The number of anilines is 1. The number of alkyl halides is 3. The maximum absolute atomic E-state index is 13.2. The van der Waals surface area contributed by atoms with Gasteiger partial charge in [0.15, 0.2) is 0 Å². The van der Waals surface area contributed by atoms with E-state index in [2.05, 4.69) is 0 Å². The topological polar surface area (TPSA) is 57.7 Å². The molecule has 0 spiro atoms. The molecule has 0 N–H and O–H groups in total. The summed E-state index contributed by atoms with van der Waals surface area (Å²) < 4.78 is 39.6. The van der Waals surface area contributed by atoms with Crippen LogP contribution in [0.4, 0.5) is 18.9 Å². The Kier molecular flexibility index (Phi) is 3.91. The van der Waals surface area contributed by atoms with E-state index in [9.17, 15) is 27.6 Å². The quantitative estimate of drug-likeness (QED) is 0.553. The van der Waals surface area contributed by atoms with E-state index in [1.54, 1.807) is 0 Å². The Morgan fingerprint density at radius 1 is 1.03 bits per heavy atom. The molecule has 1 aromatic rings. The summed E-state index contributed by atoms with van der Waals surface area (Å²) in [5.74, 6) is -3.50. The summed E-state index contributed by atoms with van der Waals surface area (Å²) in [6, 6.07) is 5.20. The Labute approximate surface area is 169 Å². The highest BCUT2D eigenvalue weighted by Gasteiger charge is 2.67. The van der Waals surface area contributed by atoms with Gasteiger partial charge >= 0.3 is 12.1 Å². The minimum atomic E-state index is -5.15. The molecule has 3 amide bonds. The molecule has 1 heterocycles. The van der Waals surface area contributed by atoms with Gasteiger partial charge in [-0.1, -0.05) is 23.8 Å². The van der Waals surface area contributed by atoms with Crippen molar-refractivity contribution >= 4 is 35.0 Å². The Morgan fingerprint density at radius 2 is 1.55 bits per heavy atom. The van der Waals surface area contributed by atoms with Crippen molar-refractivity contribution in [3.8, 4) is 0 Å². The van der Waals surface area contributed by atoms with Crippen LogP contribution in [0, 0.1) is 35.5 Å². The Morgan fingerprint density at radius 3 is 2.03 bits per heavy atom. The molecule has 6 rings (SSSR count). The number of likely N-dealkylation sites (tertiary alicyclic amines) is 1. The SMILES string of the molecule is O=C1[C@@H]2[C@@H]3C=C[C@H]([C@@H]4C[C@H]34)[C@H]2C(=O)N1CN(C(=O)C(F)(F)F)c1ccc(Cl)cc1. The number of halogens is 4. The van der Waals surface area contributed by atoms with E-state index in [0.29, 0.717) is 16.7 Å². The molecule has 4 aliphatic carbocycles. The summed E-state index contributed by atoms with van der Waals surface area (Å²) >= 11 is 5.79. The average Bonchev–Trinajstić information content (AvgIpc) is 3.46. The molecule has 3 fully saturated rings. The number of hydrogen-bond donors (Lipinski definition) is 0.